The fraction of sp³-hybridized carbons (Fsp3) is 0.300. The highest BCUT2D eigenvalue weighted by atomic mass is 79.9. The van der Waals surface area contributed by atoms with Crippen LogP contribution in [0.15, 0.2) is 52.0 Å². The van der Waals surface area contributed by atoms with E-state index in [9.17, 15) is 20.0 Å². The number of piperidine rings is 1. The Morgan fingerprint density at radius 3 is 2.62 bits per heavy atom. The molecule has 29 heavy (non-hydrogen) atoms. The van der Waals surface area contributed by atoms with Crippen molar-refractivity contribution in [1.82, 2.24) is 10.3 Å². The summed E-state index contributed by atoms with van der Waals surface area (Å²) in [5.41, 5.74) is 3.72. The number of phenolic OH excluding ortho intramolecular Hbond substituents is 1. The summed E-state index contributed by atoms with van der Waals surface area (Å²) in [6.07, 6.45) is 2.68. The predicted octanol–water partition coefficient (Wildman–Crippen LogP) is 3.43. The fourth-order valence-corrected chi connectivity index (χ4v) is 3.48. The number of carbonyl (C=O) groups is 1. The average molecular weight is 461 g/mol. The summed E-state index contributed by atoms with van der Waals surface area (Å²) in [4.78, 5) is 24.9. The Bertz CT molecular complexity index is 909. The van der Waals surface area contributed by atoms with Gasteiger partial charge in [-0.15, -0.1) is 0 Å². The third-order valence-electron chi connectivity index (χ3n) is 4.88. The van der Waals surface area contributed by atoms with Crippen molar-refractivity contribution in [2.45, 2.75) is 19.4 Å². The Morgan fingerprint density at radius 1 is 1.28 bits per heavy atom. The molecule has 0 unspecified atom stereocenters. The van der Waals surface area contributed by atoms with E-state index < -0.39 is 4.92 Å². The number of phenols is 1. The van der Waals surface area contributed by atoms with E-state index in [2.05, 4.69) is 43.5 Å². The molecular weight excluding hydrogens is 440 g/mol. The summed E-state index contributed by atoms with van der Waals surface area (Å²) in [7, 11) is 0. The molecule has 1 heterocycles. The molecule has 3 rings (SSSR count). The van der Waals surface area contributed by atoms with Crippen LogP contribution in [0.1, 0.15) is 24.0 Å². The first-order valence-corrected chi connectivity index (χ1v) is 9.99. The summed E-state index contributed by atoms with van der Waals surface area (Å²) in [6.45, 7) is 2.50. The minimum atomic E-state index is -0.558. The van der Waals surface area contributed by atoms with Gasteiger partial charge in [0, 0.05) is 34.6 Å². The summed E-state index contributed by atoms with van der Waals surface area (Å²) in [5, 5.41) is 24.4. The molecule has 2 aromatic rings. The molecule has 1 saturated heterocycles. The summed E-state index contributed by atoms with van der Waals surface area (Å²) >= 11 is 3.43. The molecule has 152 valence electrons. The van der Waals surface area contributed by atoms with Crippen molar-refractivity contribution in [2.24, 2.45) is 11.0 Å². The number of likely N-dealkylation sites (tertiary alicyclic amines) is 1. The minimum Gasteiger partial charge on any atom is -0.507 e. The van der Waals surface area contributed by atoms with Gasteiger partial charge in [-0.2, -0.15) is 5.10 Å². The van der Waals surface area contributed by atoms with Crippen LogP contribution in [-0.2, 0) is 11.3 Å². The number of nitro groups is 1. The third kappa shape index (κ3) is 5.85. The number of carbonyl (C=O) groups excluding carboxylic acids is 1. The van der Waals surface area contributed by atoms with E-state index in [-0.39, 0.29) is 28.8 Å². The average Bonchev–Trinajstić information content (AvgIpc) is 2.71. The molecule has 1 aliphatic rings. The molecule has 0 aliphatic carbocycles. The highest BCUT2D eigenvalue weighted by Crippen LogP contribution is 2.22. The molecule has 1 amide bonds. The zero-order valence-electron chi connectivity index (χ0n) is 15.6. The van der Waals surface area contributed by atoms with Gasteiger partial charge in [-0.3, -0.25) is 19.8 Å². The molecule has 9 heteroatoms. The number of hydrogen-bond acceptors (Lipinski definition) is 6. The van der Waals surface area contributed by atoms with Crippen LogP contribution in [-0.4, -0.2) is 40.1 Å². The van der Waals surface area contributed by atoms with Gasteiger partial charge in [0.25, 0.3) is 5.69 Å². The fourth-order valence-electron chi connectivity index (χ4n) is 3.22. The SMILES string of the molecule is O=C(NN=Cc1cc([N+](=O)[O-])ccc1O)C1CCN(Cc2ccc(Br)cc2)CC1. The molecule has 2 aromatic carbocycles. The molecule has 1 aliphatic heterocycles. The molecule has 0 radical (unpaired) electrons. The van der Waals surface area contributed by atoms with Crippen molar-refractivity contribution in [1.29, 1.82) is 0 Å². The van der Waals surface area contributed by atoms with Crippen molar-refractivity contribution in [3.05, 3.63) is 68.2 Å². The lowest BCUT2D eigenvalue weighted by Gasteiger charge is -2.30. The number of hydrazone groups is 1. The van der Waals surface area contributed by atoms with E-state index in [4.69, 9.17) is 0 Å². The Balaban J connectivity index is 1.48. The van der Waals surface area contributed by atoms with Gasteiger partial charge in [0.2, 0.25) is 5.91 Å². The zero-order chi connectivity index (χ0) is 20.8. The lowest BCUT2D eigenvalue weighted by Crippen LogP contribution is -2.39. The second-order valence-corrected chi connectivity index (χ2v) is 7.83. The molecule has 0 aromatic heterocycles. The molecule has 0 spiro atoms. The number of hydrogen-bond donors (Lipinski definition) is 2. The maximum atomic E-state index is 12.3. The van der Waals surface area contributed by atoms with Gasteiger partial charge in [-0.05, 0) is 49.7 Å². The van der Waals surface area contributed by atoms with E-state index in [1.807, 2.05) is 12.1 Å². The van der Waals surface area contributed by atoms with Crippen LogP contribution in [0.5, 0.6) is 5.75 Å². The van der Waals surface area contributed by atoms with Gasteiger partial charge >= 0.3 is 0 Å². The van der Waals surface area contributed by atoms with Crippen molar-refractivity contribution < 1.29 is 14.8 Å². The van der Waals surface area contributed by atoms with Crippen LogP contribution in [0.2, 0.25) is 0 Å². The number of nitrogens with one attached hydrogen (secondary N) is 1. The van der Waals surface area contributed by atoms with Crippen molar-refractivity contribution in [2.75, 3.05) is 13.1 Å². The molecule has 2 N–H and O–H groups in total. The number of nitrogens with zero attached hydrogens (tertiary/aromatic N) is 3. The summed E-state index contributed by atoms with van der Waals surface area (Å²) in [5.74, 6) is -0.462. The highest BCUT2D eigenvalue weighted by Gasteiger charge is 2.24. The molecule has 1 fully saturated rings. The Hall–Kier alpha value is -2.78. The molecular formula is C20H21BrN4O4. The minimum absolute atomic E-state index is 0.132. The van der Waals surface area contributed by atoms with Crippen molar-refractivity contribution in [3.63, 3.8) is 0 Å². The van der Waals surface area contributed by atoms with E-state index in [1.165, 1.54) is 30.0 Å². The van der Waals surface area contributed by atoms with Crippen LogP contribution in [0, 0.1) is 16.0 Å². The van der Waals surface area contributed by atoms with E-state index >= 15 is 0 Å². The van der Waals surface area contributed by atoms with Crippen LogP contribution in [0.25, 0.3) is 0 Å². The zero-order valence-corrected chi connectivity index (χ0v) is 17.2. The van der Waals surface area contributed by atoms with E-state index in [0.717, 1.165) is 36.9 Å². The van der Waals surface area contributed by atoms with Crippen LogP contribution in [0.4, 0.5) is 5.69 Å². The van der Waals surface area contributed by atoms with Crippen LogP contribution < -0.4 is 5.43 Å². The van der Waals surface area contributed by atoms with Crippen LogP contribution >= 0.6 is 15.9 Å². The van der Waals surface area contributed by atoms with Gasteiger partial charge < -0.3 is 5.11 Å². The third-order valence-corrected chi connectivity index (χ3v) is 5.41. The van der Waals surface area contributed by atoms with Gasteiger partial charge in [0.05, 0.1) is 11.1 Å². The summed E-state index contributed by atoms with van der Waals surface area (Å²) < 4.78 is 1.05. The second-order valence-electron chi connectivity index (χ2n) is 6.91. The molecule has 8 nitrogen and oxygen atoms in total. The van der Waals surface area contributed by atoms with E-state index in [1.54, 1.807) is 0 Å². The number of aromatic hydroxyl groups is 1. The first-order valence-electron chi connectivity index (χ1n) is 9.19. The quantitative estimate of drug-likeness (QED) is 0.390. The standard InChI is InChI=1S/C20H21BrN4O4/c21-17-3-1-14(2-4-17)13-24-9-7-15(8-10-24)20(27)23-22-12-16-11-18(25(28)29)5-6-19(16)26/h1-6,11-12,15,26H,7-10,13H2,(H,23,27). The Morgan fingerprint density at radius 2 is 1.97 bits per heavy atom. The number of benzene rings is 2. The number of halogens is 1. The normalized spacial score (nSPS) is 15.5. The second kappa shape index (κ2) is 9.62. The Labute approximate surface area is 176 Å². The van der Waals surface area contributed by atoms with Crippen molar-refractivity contribution >= 4 is 33.7 Å². The van der Waals surface area contributed by atoms with Gasteiger partial charge in [-0.25, -0.2) is 5.43 Å². The smallest absolute Gasteiger partial charge is 0.270 e. The maximum absolute atomic E-state index is 12.3. The van der Waals surface area contributed by atoms with Crippen molar-refractivity contribution in [3.8, 4) is 5.75 Å². The van der Waals surface area contributed by atoms with Gasteiger partial charge in [-0.1, -0.05) is 28.1 Å². The first kappa shape index (κ1) is 20.9. The molecule has 0 atom stereocenters. The monoisotopic (exact) mass is 460 g/mol. The van der Waals surface area contributed by atoms with Gasteiger partial charge in [0.15, 0.2) is 0 Å². The van der Waals surface area contributed by atoms with Crippen LogP contribution in [0.3, 0.4) is 0 Å². The highest BCUT2D eigenvalue weighted by molar-refractivity contribution is 9.10. The topological polar surface area (TPSA) is 108 Å². The molecule has 0 saturated carbocycles. The largest absolute Gasteiger partial charge is 0.507 e. The number of nitro benzene ring substituents is 1. The maximum Gasteiger partial charge on any atom is 0.270 e. The molecule has 0 bridgehead atoms. The lowest BCUT2D eigenvalue weighted by molar-refractivity contribution is -0.384. The van der Waals surface area contributed by atoms with Gasteiger partial charge in [0.1, 0.15) is 5.75 Å². The summed E-state index contributed by atoms with van der Waals surface area (Å²) in [6, 6.07) is 11.8. The van der Waals surface area contributed by atoms with E-state index in [0.29, 0.717) is 0 Å². The number of non-ortho nitro benzene ring substituents is 1. The number of amides is 1. The lowest BCUT2D eigenvalue weighted by atomic mass is 9.96. The predicted molar refractivity (Wildman–Crippen MR) is 113 cm³/mol. The number of rotatable bonds is 6. The Kier molecular flexibility index (Phi) is 6.95. The first-order chi connectivity index (χ1) is 13.9.